The number of thiophene rings is 1. The zero-order valence-electron chi connectivity index (χ0n) is 18.1. The zero-order chi connectivity index (χ0) is 23.2. The number of benzene rings is 1. The largest absolute Gasteiger partial charge is 0.467 e. The van der Waals surface area contributed by atoms with Gasteiger partial charge in [-0.2, -0.15) is 5.10 Å². The maximum absolute atomic E-state index is 13.3. The van der Waals surface area contributed by atoms with Gasteiger partial charge in [0.05, 0.1) is 16.9 Å². The second-order valence-electron chi connectivity index (χ2n) is 8.31. The molecule has 0 spiro atoms. The molecule has 3 aromatic rings. The Morgan fingerprint density at radius 2 is 2.00 bits per heavy atom. The molecule has 168 valence electrons. The Morgan fingerprint density at radius 1 is 1.21 bits per heavy atom. The number of amides is 4. The first-order valence-electron chi connectivity index (χ1n) is 10.5. The SMILES string of the molecule is Cc1ccc(C2(C)NC(=O)N(CC(=O)N3N=C(c4cccs4)CC3c3ccco3)C2=O)cc1. The van der Waals surface area contributed by atoms with Crippen LogP contribution >= 0.6 is 11.3 Å². The first-order valence-corrected chi connectivity index (χ1v) is 11.4. The highest BCUT2D eigenvalue weighted by Crippen LogP contribution is 2.35. The van der Waals surface area contributed by atoms with E-state index in [4.69, 9.17) is 4.42 Å². The number of nitrogens with one attached hydrogen (secondary N) is 1. The van der Waals surface area contributed by atoms with Crippen molar-refractivity contribution in [2.45, 2.75) is 31.8 Å². The summed E-state index contributed by atoms with van der Waals surface area (Å²) in [6.07, 6.45) is 2.03. The van der Waals surface area contributed by atoms with Crippen LogP contribution in [0.5, 0.6) is 0 Å². The van der Waals surface area contributed by atoms with Crippen molar-refractivity contribution < 1.29 is 18.8 Å². The molecule has 33 heavy (non-hydrogen) atoms. The molecule has 0 aliphatic carbocycles. The first-order chi connectivity index (χ1) is 15.9. The molecule has 0 radical (unpaired) electrons. The van der Waals surface area contributed by atoms with Gasteiger partial charge in [0.1, 0.15) is 23.9 Å². The third-order valence-electron chi connectivity index (χ3n) is 6.04. The van der Waals surface area contributed by atoms with Gasteiger partial charge in [-0.1, -0.05) is 35.9 Å². The van der Waals surface area contributed by atoms with Crippen LogP contribution in [0.15, 0.2) is 69.7 Å². The number of carbonyl (C=O) groups excluding carboxylic acids is 3. The summed E-state index contributed by atoms with van der Waals surface area (Å²) in [6.45, 7) is 3.18. The Kier molecular flexibility index (Phi) is 5.13. The molecule has 0 saturated carbocycles. The lowest BCUT2D eigenvalue weighted by Crippen LogP contribution is -2.43. The average Bonchev–Trinajstić information content (AvgIpc) is 3.58. The van der Waals surface area contributed by atoms with Gasteiger partial charge in [0.2, 0.25) is 0 Å². The number of urea groups is 1. The van der Waals surface area contributed by atoms with E-state index in [1.54, 1.807) is 25.3 Å². The van der Waals surface area contributed by atoms with Crippen LogP contribution in [0.4, 0.5) is 4.79 Å². The van der Waals surface area contributed by atoms with E-state index >= 15 is 0 Å². The lowest BCUT2D eigenvalue weighted by Gasteiger charge is -2.24. The molecule has 2 aromatic heterocycles. The van der Waals surface area contributed by atoms with E-state index in [0.29, 0.717) is 17.7 Å². The fraction of sp³-hybridized carbons (Fsp3) is 0.250. The van der Waals surface area contributed by atoms with E-state index in [1.807, 2.05) is 48.7 Å². The molecule has 9 heteroatoms. The normalized spacial score (nSPS) is 22.6. The maximum atomic E-state index is 13.3. The van der Waals surface area contributed by atoms with Crippen LogP contribution in [0, 0.1) is 6.92 Å². The molecular weight excluding hydrogens is 440 g/mol. The summed E-state index contributed by atoms with van der Waals surface area (Å²) in [5.74, 6) is -0.333. The van der Waals surface area contributed by atoms with Gasteiger partial charge in [-0.25, -0.2) is 9.80 Å². The van der Waals surface area contributed by atoms with Crippen LogP contribution in [-0.2, 0) is 15.1 Å². The standard InChI is InChI=1S/C24H22N4O4S/c1-15-7-9-16(10-8-15)24(2)22(30)27(23(31)25-24)14-21(29)28-18(19-5-3-11-32-19)13-17(26-28)20-6-4-12-33-20/h3-12,18H,13-14H2,1-2H3,(H,25,31). The second kappa shape index (κ2) is 8.00. The van der Waals surface area contributed by atoms with Crippen LogP contribution in [0.2, 0.25) is 0 Å². The fourth-order valence-electron chi connectivity index (χ4n) is 4.17. The Balaban J connectivity index is 1.40. The van der Waals surface area contributed by atoms with Gasteiger partial charge >= 0.3 is 6.03 Å². The monoisotopic (exact) mass is 462 g/mol. The van der Waals surface area contributed by atoms with Crippen LogP contribution in [-0.4, -0.2) is 40.0 Å². The summed E-state index contributed by atoms with van der Waals surface area (Å²) in [5, 5.41) is 10.6. The molecule has 1 saturated heterocycles. The number of hydrazone groups is 1. The van der Waals surface area contributed by atoms with Gasteiger partial charge in [0.15, 0.2) is 0 Å². The highest BCUT2D eigenvalue weighted by Gasteiger charge is 2.50. The molecule has 4 amide bonds. The first kappa shape index (κ1) is 21.1. The summed E-state index contributed by atoms with van der Waals surface area (Å²) in [6, 6.07) is 13.8. The summed E-state index contributed by atoms with van der Waals surface area (Å²) in [4.78, 5) is 41.2. The lowest BCUT2D eigenvalue weighted by molar-refractivity contribution is -0.140. The molecule has 2 atom stereocenters. The van der Waals surface area contributed by atoms with Crippen molar-refractivity contribution in [2.24, 2.45) is 5.10 Å². The molecule has 5 rings (SSSR count). The minimum Gasteiger partial charge on any atom is -0.467 e. The maximum Gasteiger partial charge on any atom is 0.325 e. The van der Waals surface area contributed by atoms with Crippen molar-refractivity contribution >= 4 is 34.9 Å². The van der Waals surface area contributed by atoms with Crippen LogP contribution in [0.3, 0.4) is 0 Å². The third kappa shape index (κ3) is 3.64. The minimum absolute atomic E-state index is 0.412. The number of hydrogen-bond donors (Lipinski definition) is 1. The van der Waals surface area contributed by atoms with Gasteiger partial charge in [-0.3, -0.25) is 14.5 Å². The second-order valence-corrected chi connectivity index (χ2v) is 9.26. The van der Waals surface area contributed by atoms with E-state index in [0.717, 1.165) is 21.1 Å². The van der Waals surface area contributed by atoms with E-state index < -0.39 is 36.0 Å². The molecular formula is C24H22N4O4S. The Labute approximate surface area is 194 Å². The van der Waals surface area contributed by atoms with E-state index in [9.17, 15) is 14.4 Å². The van der Waals surface area contributed by atoms with Gasteiger partial charge in [-0.05, 0) is 43.0 Å². The van der Waals surface area contributed by atoms with E-state index in [2.05, 4.69) is 10.4 Å². The molecule has 1 N–H and O–H groups in total. The van der Waals surface area contributed by atoms with Crippen LogP contribution in [0.1, 0.15) is 41.2 Å². The Bertz CT molecular complexity index is 1230. The van der Waals surface area contributed by atoms with Crippen molar-refractivity contribution in [1.82, 2.24) is 15.2 Å². The van der Waals surface area contributed by atoms with Crippen LogP contribution < -0.4 is 5.32 Å². The Morgan fingerprint density at radius 3 is 2.67 bits per heavy atom. The highest BCUT2D eigenvalue weighted by molar-refractivity contribution is 7.12. The number of nitrogens with zero attached hydrogens (tertiary/aromatic N) is 3. The lowest BCUT2D eigenvalue weighted by atomic mass is 9.91. The van der Waals surface area contributed by atoms with Crippen LogP contribution in [0.25, 0.3) is 0 Å². The van der Waals surface area contributed by atoms with Crippen molar-refractivity contribution in [3.05, 3.63) is 81.9 Å². The summed E-state index contributed by atoms with van der Waals surface area (Å²) >= 11 is 1.54. The van der Waals surface area contributed by atoms with Gasteiger partial charge < -0.3 is 9.73 Å². The summed E-state index contributed by atoms with van der Waals surface area (Å²) in [7, 11) is 0. The molecule has 2 aliphatic rings. The van der Waals surface area contributed by atoms with Crippen molar-refractivity contribution in [3.63, 3.8) is 0 Å². The highest BCUT2D eigenvalue weighted by atomic mass is 32.1. The number of hydrogen-bond acceptors (Lipinski definition) is 6. The Hall–Kier alpha value is -3.72. The van der Waals surface area contributed by atoms with Crippen molar-refractivity contribution in [3.8, 4) is 0 Å². The molecule has 0 bridgehead atoms. The fourth-order valence-corrected chi connectivity index (χ4v) is 4.89. The number of imide groups is 1. The summed E-state index contributed by atoms with van der Waals surface area (Å²) in [5.41, 5.74) is 1.24. The number of carbonyl (C=O) groups is 3. The molecule has 1 fully saturated rings. The topological polar surface area (TPSA) is 95.2 Å². The minimum atomic E-state index is -1.23. The molecule has 2 unspecified atom stereocenters. The quantitative estimate of drug-likeness (QED) is 0.584. The van der Waals surface area contributed by atoms with Crippen molar-refractivity contribution in [1.29, 1.82) is 0 Å². The van der Waals surface area contributed by atoms with E-state index in [1.165, 1.54) is 16.3 Å². The van der Waals surface area contributed by atoms with Gasteiger partial charge in [0, 0.05) is 6.42 Å². The predicted octanol–water partition coefficient (Wildman–Crippen LogP) is 3.79. The number of aryl methyl sites for hydroxylation is 1. The molecule has 4 heterocycles. The molecule has 8 nitrogen and oxygen atoms in total. The number of furan rings is 1. The number of rotatable bonds is 5. The zero-order valence-corrected chi connectivity index (χ0v) is 19.0. The van der Waals surface area contributed by atoms with Gasteiger partial charge in [-0.15, -0.1) is 11.3 Å². The van der Waals surface area contributed by atoms with E-state index in [-0.39, 0.29) is 0 Å². The summed E-state index contributed by atoms with van der Waals surface area (Å²) < 4.78 is 5.55. The predicted molar refractivity (Wildman–Crippen MR) is 123 cm³/mol. The van der Waals surface area contributed by atoms with Gasteiger partial charge in [0.25, 0.3) is 11.8 Å². The third-order valence-corrected chi connectivity index (χ3v) is 6.96. The average molecular weight is 463 g/mol. The van der Waals surface area contributed by atoms with Crippen molar-refractivity contribution in [2.75, 3.05) is 6.54 Å². The molecule has 1 aromatic carbocycles. The smallest absolute Gasteiger partial charge is 0.325 e. The molecule has 2 aliphatic heterocycles.